The van der Waals surface area contributed by atoms with Gasteiger partial charge in [-0.2, -0.15) is 0 Å². The number of rotatable bonds is 5. The molecule has 0 saturated carbocycles. The molecule has 0 spiro atoms. The number of nitrogens with zero attached hydrogens (tertiary/aromatic N) is 1. The van der Waals surface area contributed by atoms with Gasteiger partial charge in [-0.15, -0.1) is 0 Å². The molecule has 0 bridgehead atoms. The van der Waals surface area contributed by atoms with Crippen molar-refractivity contribution in [1.82, 2.24) is 10.2 Å². The van der Waals surface area contributed by atoms with Gasteiger partial charge in [0.15, 0.2) is 0 Å². The molecule has 1 heterocycles. The highest BCUT2D eigenvalue weighted by Crippen LogP contribution is 2.32. The number of nitrogens with one attached hydrogen (secondary N) is 1. The third-order valence-electron chi connectivity index (χ3n) is 4.66. The summed E-state index contributed by atoms with van der Waals surface area (Å²) in [7, 11) is 0. The molecule has 2 unspecified atom stereocenters. The highest BCUT2D eigenvalue weighted by atomic mass is 35.5. The molecule has 1 saturated heterocycles. The highest BCUT2D eigenvalue weighted by molar-refractivity contribution is 6.30. The molecule has 0 aromatic heterocycles. The molecule has 110 valence electrons. The van der Waals surface area contributed by atoms with Crippen molar-refractivity contribution >= 4 is 11.6 Å². The lowest BCUT2D eigenvalue weighted by Crippen LogP contribution is -2.32. The van der Waals surface area contributed by atoms with Gasteiger partial charge in [0.25, 0.3) is 0 Å². The first-order valence-corrected chi connectivity index (χ1v) is 8.34. The molecule has 20 heavy (non-hydrogen) atoms. The molecular weight excluding hydrogens is 268 g/mol. The summed E-state index contributed by atoms with van der Waals surface area (Å²) in [5.74, 6) is 0.726. The number of halogens is 1. The van der Waals surface area contributed by atoms with E-state index in [0.29, 0.717) is 6.04 Å². The Hall–Kier alpha value is -0.570. The summed E-state index contributed by atoms with van der Waals surface area (Å²) in [6.45, 7) is 7.32. The van der Waals surface area contributed by atoms with Crippen LogP contribution in [0.4, 0.5) is 0 Å². The molecule has 2 atom stereocenters. The number of hydrogen-bond acceptors (Lipinski definition) is 2. The zero-order valence-electron chi connectivity index (χ0n) is 12.4. The first kappa shape index (κ1) is 14.4. The van der Waals surface area contributed by atoms with Gasteiger partial charge in [0.05, 0.1) is 0 Å². The molecular formula is C17H25ClN2. The van der Waals surface area contributed by atoms with Crippen molar-refractivity contribution in [3.63, 3.8) is 0 Å². The molecule has 2 aliphatic rings. The van der Waals surface area contributed by atoms with Gasteiger partial charge in [0, 0.05) is 17.6 Å². The minimum absolute atomic E-state index is 0.531. The highest BCUT2D eigenvalue weighted by Gasteiger charge is 2.23. The van der Waals surface area contributed by atoms with Crippen molar-refractivity contribution < 1.29 is 0 Å². The fraction of sp³-hybridized carbons (Fsp3) is 0.647. The van der Waals surface area contributed by atoms with Crippen LogP contribution in [0.1, 0.15) is 43.4 Å². The fourth-order valence-corrected chi connectivity index (χ4v) is 3.81. The van der Waals surface area contributed by atoms with E-state index in [0.717, 1.165) is 23.9 Å². The minimum atomic E-state index is 0.531. The first-order chi connectivity index (χ1) is 9.72. The Kier molecular flexibility index (Phi) is 4.65. The maximum Gasteiger partial charge on any atom is 0.0408 e. The lowest BCUT2D eigenvalue weighted by atomic mass is 10.1. The molecule has 1 fully saturated rings. The van der Waals surface area contributed by atoms with E-state index >= 15 is 0 Å². The predicted octanol–water partition coefficient (Wildman–Crippen LogP) is 3.65. The zero-order chi connectivity index (χ0) is 13.9. The van der Waals surface area contributed by atoms with E-state index in [-0.39, 0.29) is 0 Å². The lowest BCUT2D eigenvalue weighted by molar-refractivity contribution is 0.277. The molecule has 3 rings (SSSR count). The maximum absolute atomic E-state index is 6.07. The van der Waals surface area contributed by atoms with E-state index in [2.05, 4.69) is 29.3 Å². The van der Waals surface area contributed by atoms with Crippen LogP contribution >= 0.6 is 11.6 Å². The minimum Gasteiger partial charge on any atom is -0.310 e. The quantitative estimate of drug-likeness (QED) is 0.891. The van der Waals surface area contributed by atoms with Crippen LogP contribution < -0.4 is 5.32 Å². The normalized spacial score (nSPS) is 24.0. The van der Waals surface area contributed by atoms with Crippen LogP contribution in [0.15, 0.2) is 18.2 Å². The molecule has 0 amide bonds. The summed E-state index contributed by atoms with van der Waals surface area (Å²) in [6, 6.07) is 6.89. The largest absolute Gasteiger partial charge is 0.310 e. The van der Waals surface area contributed by atoms with Crippen LogP contribution in [0.5, 0.6) is 0 Å². The van der Waals surface area contributed by atoms with E-state index in [1.54, 1.807) is 0 Å². The van der Waals surface area contributed by atoms with Crippen molar-refractivity contribution in [3.05, 3.63) is 34.3 Å². The van der Waals surface area contributed by atoms with Crippen LogP contribution in [0.25, 0.3) is 0 Å². The molecule has 2 nitrogen and oxygen atoms in total. The SMILES string of the molecule is CC(CNC1CCc2cc(Cl)ccc21)CN1CCCC1. The summed E-state index contributed by atoms with van der Waals surface area (Å²) >= 11 is 6.07. The van der Waals surface area contributed by atoms with Gasteiger partial charge in [-0.05, 0) is 74.5 Å². The van der Waals surface area contributed by atoms with Gasteiger partial charge in [-0.1, -0.05) is 24.6 Å². The third kappa shape index (κ3) is 3.36. The fourth-order valence-electron chi connectivity index (χ4n) is 3.61. The van der Waals surface area contributed by atoms with E-state index in [1.165, 1.54) is 50.0 Å². The third-order valence-corrected chi connectivity index (χ3v) is 4.90. The second kappa shape index (κ2) is 6.46. The van der Waals surface area contributed by atoms with E-state index in [4.69, 9.17) is 11.6 Å². The van der Waals surface area contributed by atoms with Crippen molar-refractivity contribution in [2.45, 2.75) is 38.6 Å². The Balaban J connectivity index is 1.50. The monoisotopic (exact) mass is 292 g/mol. The number of aryl methyl sites for hydroxylation is 1. The molecule has 1 aromatic carbocycles. The zero-order valence-corrected chi connectivity index (χ0v) is 13.1. The van der Waals surface area contributed by atoms with Gasteiger partial charge >= 0.3 is 0 Å². The van der Waals surface area contributed by atoms with Gasteiger partial charge < -0.3 is 10.2 Å². The summed E-state index contributed by atoms with van der Waals surface area (Å²) in [5.41, 5.74) is 2.89. The number of likely N-dealkylation sites (tertiary alicyclic amines) is 1. The average Bonchev–Trinajstić information content (AvgIpc) is 3.05. The van der Waals surface area contributed by atoms with Gasteiger partial charge in [-0.3, -0.25) is 0 Å². The van der Waals surface area contributed by atoms with Crippen molar-refractivity contribution in [1.29, 1.82) is 0 Å². The smallest absolute Gasteiger partial charge is 0.0408 e. The van der Waals surface area contributed by atoms with Crippen molar-refractivity contribution in [3.8, 4) is 0 Å². The van der Waals surface area contributed by atoms with Crippen LogP contribution in [0, 0.1) is 5.92 Å². The Labute approximate surface area is 127 Å². The van der Waals surface area contributed by atoms with Crippen molar-refractivity contribution in [2.24, 2.45) is 5.92 Å². The molecule has 3 heteroatoms. The van der Waals surface area contributed by atoms with Gasteiger partial charge in [0.1, 0.15) is 0 Å². The Morgan fingerprint density at radius 1 is 1.35 bits per heavy atom. The Bertz CT molecular complexity index is 454. The topological polar surface area (TPSA) is 15.3 Å². The number of fused-ring (bicyclic) bond motifs is 1. The standard InChI is InChI=1S/C17H25ClN2/c1-13(12-20-8-2-3-9-20)11-19-17-7-4-14-10-15(18)5-6-16(14)17/h5-6,10,13,17,19H,2-4,7-9,11-12H2,1H3. The summed E-state index contributed by atoms with van der Waals surface area (Å²) < 4.78 is 0. The van der Waals surface area contributed by atoms with E-state index < -0.39 is 0 Å². The van der Waals surface area contributed by atoms with Crippen LogP contribution in [-0.4, -0.2) is 31.1 Å². The Morgan fingerprint density at radius 2 is 2.15 bits per heavy atom. The van der Waals surface area contributed by atoms with Gasteiger partial charge in [-0.25, -0.2) is 0 Å². The number of hydrogen-bond donors (Lipinski definition) is 1. The summed E-state index contributed by atoms with van der Waals surface area (Å²) in [5, 5.41) is 4.63. The summed E-state index contributed by atoms with van der Waals surface area (Å²) in [6.07, 6.45) is 5.15. The van der Waals surface area contributed by atoms with E-state index in [1.807, 2.05) is 6.07 Å². The molecule has 1 aromatic rings. The van der Waals surface area contributed by atoms with Crippen LogP contribution in [0.3, 0.4) is 0 Å². The second-order valence-electron chi connectivity index (χ2n) is 6.46. The van der Waals surface area contributed by atoms with E-state index in [9.17, 15) is 0 Å². The lowest BCUT2D eigenvalue weighted by Gasteiger charge is -2.22. The summed E-state index contributed by atoms with van der Waals surface area (Å²) in [4.78, 5) is 2.61. The molecule has 1 aliphatic heterocycles. The maximum atomic E-state index is 6.07. The van der Waals surface area contributed by atoms with Crippen LogP contribution in [0.2, 0.25) is 5.02 Å². The molecule has 0 radical (unpaired) electrons. The Morgan fingerprint density at radius 3 is 2.95 bits per heavy atom. The van der Waals surface area contributed by atoms with Crippen molar-refractivity contribution in [2.75, 3.05) is 26.2 Å². The number of benzene rings is 1. The predicted molar refractivity (Wildman–Crippen MR) is 85.4 cm³/mol. The first-order valence-electron chi connectivity index (χ1n) is 7.96. The van der Waals surface area contributed by atoms with Crippen LogP contribution in [-0.2, 0) is 6.42 Å². The molecule has 1 aliphatic carbocycles. The second-order valence-corrected chi connectivity index (χ2v) is 6.89. The average molecular weight is 293 g/mol. The van der Waals surface area contributed by atoms with Gasteiger partial charge in [0.2, 0.25) is 0 Å². The molecule has 1 N–H and O–H groups in total.